The molecule has 186 valence electrons. The van der Waals surface area contributed by atoms with E-state index >= 15 is 0 Å². The fourth-order valence-electron chi connectivity index (χ4n) is 3.35. The first-order valence-corrected chi connectivity index (χ1v) is 14.0. The Morgan fingerprint density at radius 3 is 2.03 bits per heavy atom. The van der Waals surface area contributed by atoms with Gasteiger partial charge in [-0.3, -0.25) is 13.9 Å². The Labute approximate surface area is 211 Å². The largest absolute Gasteiger partial charge is 0.352 e. The summed E-state index contributed by atoms with van der Waals surface area (Å²) >= 11 is 3.40. The molecule has 0 bridgehead atoms. The van der Waals surface area contributed by atoms with Crippen LogP contribution in [0.1, 0.15) is 45.2 Å². The van der Waals surface area contributed by atoms with Gasteiger partial charge in [0.1, 0.15) is 12.6 Å². The van der Waals surface area contributed by atoms with Gasteiger partial charge in [0.15, 0.2) is 0 Å². The second kappa shape index (κ2) is 12.4. The molecule has 0 saturated heterocycles. The fourth-order valence-corrected chi connectivity index (χ4v) is 4.46. The Kier molecular flexibility index (Phi) is 10.1. The van der Waals surface area contributed by atoms with Gasteiger partial charge in [0.05, 0.1) is 11.9 Å². The maximum atomic E-state index is 13.5. The van der Waals surface area contributed by atoms with Crippen molar-refractivity contribution >= 4 is 43.5 Å². The van der Waals surface area contributed by atoms with Crippen LogP contribution in [-0.2, 0) is 32.6 Å². The Balaban J connectivity index is 2.36. The molecular weight excluding hydrogens is 518 g/mol. The highest BCUT2D eigenvalue weighted by atomic mass is 79.9. The van der Waals surface area contributed by atoms with Crippen LogP contribution >= 0.6 is 15.9 Å². The van der Waals surface area contributed by atoms with Crippen molar-refractivity contribution in [3.63, 3.8) is 0 Å². The highest BCUT2D eigenvalue weighted by molar-refractivity contribution is 9.10. The zero-order valence-electron chi connectivity index (χ0n) is 20.4. The van der Waals surface area contributed by atoms with Gasteiger partial charge in [0.25, 0.3) is 0 Å². The number of aryl methyl sites for hydroxylation is 1. The second-order valence-corrected chi connectivity index (χ2v) is 11.3. The summed E-state index contributed by atoms with van der Waals surface area (Å²) in [5.74, 6) is -0.738. The summed E-state index contributed by atoms with van der Waals surface area (Å²) in [6, 6.07) is 13.7. The number of hydrogen-bond donors (Lipinski definition) is 1. The zero-order chi connectivity index (χ0) is 25.5. The fraction of sp³-hybridized carbons (Fsp3) is 0.440. The van der Waals surface area contributed by atoms with E-state index in [0.717, 1.165) is 39.0 Å². The van der Waals surface area contributed by atoms with Crippen LogP contribution in [0.5, 0.6) is 0 Å². The number of nitrogens with one attached hydrogen (secondary N) is 1. The molecule has 7 nitrogen and oxygen atoms in total. The van der Waals surface area contributed by atoms with Crippen LogP contribution in [0.2, 0.25) is 0 Å². The van der Waals surface area contributed by atoms with Crippen molar-refractivity contribution in [1.82, 2.24) is 10.2 Å². The highest BCUT2D eigenvalue weighted by Gasteiger charge is 2.30. The third-order valence-corrected chi connectivity index (χ3v) is 7.42. The van der Waals surface area contributed by atoms with E-state index in [9.17, 15) is 18.0 Å². The van der Waals surface area contributed by atoms with Gasteiger partial charge in [-0.15, -0.1) is 0 Å². The molecule has 0 fully saturated rings. The van der Waals surface area contributed by atoms with E-state index in [1.807, 2.05) is 57.2 Å². The molecule has 0 aliphatic rings. The molecule has 9 heteroatoms. The Morgan fingerprint density at radius 1 is 0.971 bits per heavy atom. The summed E-state index contributed by atoms with van der Waals surface area (Å²) in [5.41, 5.74) is 2.31. The summed E-state index contributed by atoms with van der Waals surface area (Å²) in [4.78, 5) is 27.8. The van der Waals surface area contributed by atoms with Gasteiger partial charge in [0, 0.05) is 17.1 Å². The standard InChI is InChI=1S/C25H34BrN3O4S/c1-6-18(3)27-25(31)19(4)28(16-21-8-12-22(26)13-9-21)24(30)17-29(34(5,32)33)23-14-10-20(7-2)11-15-23/h8-15,18-19H,6-7,16-17H2,1-5H3,(H,27,31)/t18-,19-/m0/s1. The molecule has 2 aromatic carbocycles. The van der Waals surface area contributed by atoms with Crippen molar-refractivity contribution in [2.75, 3.05) is 17.1 Å². The highest BCUT2D eigenvalue weighted by Crippen LogP contribution is 2.20. The first-order chi connectivity index (χ1) is 16.0. The van der Waals surface area contributed by atoms with Gasteiger partial charge in [0.2, 0.25) is 21.8 Å². The number of benzene rings is 2. The van der Waals surface area contributed by atoms with Crippen LogP contribution in [0.3, 0.4) is 0 Å². The number of anilines is 1. The van der Waals surface area contributed by atoms with Crippen molar-refractivity contribution in [3.05, 3.63) is 64.1 Å². The summed E-state index contributed by atoms with van der Waals surface area (Å²) in [7, 11) is -3.73. The molecule has 0 aliphatic carbocycles. The van der Waals surface area contributed by atoms with Crippen molar-refractivity contribution in [3.8, 4) is 0 Å². The summed E-state index contributed by atoms with van der Waals surface area (Å²) in [5, 5.41) is 2.92. The summed E-state index contributed by atoms with van der Waals surface area (Å²) < 4.78 is 27.2. The van der Waals surface area contributed by atoms with Crippen LogP contribution in [0.4, 0.5) is 5.69 Å². The Bertz CT molecular complexity index is 1070. The summed E-state index contributed by atoms with van der Waals surface area (Å²) in [6.07, 6.45) is 2.66. The number of amides is 2. The van der Waals surface area contributed by atoms with Crippen LogP contribution in [0.25, 0.3) is 0 Å². The third kappa shape index (κ3) is 7.84. The lowest BCUT2D eigenvalue weighted by Gasteiger charge is -2.32. The van der Waals surface area contributed by atoms with E-state index in [2.05, 4.69) is 21.2 Å². The minimum Gasteiger partial charge on any atom is -0.352 e. The number of carbonyl (C=O) groups is 2. The molecule has 2 rings (SSSR count). The number of nitrogens with zero attached hydrogens (tertiary/aromatic N) is 2. The lowest BCUT2D eigenvalue weighted by atomic mass is 10.1. The maximum Gasteiger partial charge on any atom is 0.244 e. The molecule has 0 unspecified atom stereocenters. The molecule has 0 radical (unpaired) electrons. The van der Waals surface area contributed by atoms with Crippen LogP contribution in [0, 0.1) is 0 Å². The van der Waals surface area contributed by atoms with Crippen molar-refractivity contribution in [1.29, 1.82) is 0 Å². The molecule has 2 aromatic rings. The predicted octanol–water partition coefficient (Wildman–Crippen LogP) is 4.11. The summed E-state index contributed by atoms with van der Waals surface area (Å²) in [6.45, 7) is 7.31. The van der Waals surface area contributed by atoms with Gasteiger partial charge in [-0.05, 0) is 62.1 Å². The van der Waals surface area contributed by atoms with Gasteiger partial charge in [-0.1, -0.05) is 54.0 Å². The van der Waals surface area contributed by atoms with Crippen molar-refractivity contribution in [2.45, 2.75) is 59.2 Å². The van der Waals surface area contributed by atoms with E-state index in [1.165, 1.54) is 4.90 Å². The van der Waals surface area contributed by atoms with Crippen LogP contribution in [-0.4, -0.2) is 50.0 Å². The van der Waals surface area contributed by atoms with Crippen LogP contribution in [0.15, 0.2) is 53.0 Å². The molecule has 0 aromatic heterocycles. The zero-order valence-corrected chi connectivity index (χ0v) is 22.8. The number of sulfonamides is 1. The number of halogens is 1. The smallest absolute Gasteiger partial charge is 0.244 e. The average molecular weight is 553 g/mol. The first-order valence-electron chi connectivity index (χ1n) is 11.4. The number of rotatable bonds is 11. The molecule has 0 spiro atoms. The van der Waals surface area contributed by atoms with E-state index in [4.69, 9.17) is 0 Å². The van der Waals surface area contributed by atoms with E-state index in [1.54, 1.807) is 19.1 Å². The maximum absolute atomic E-state index is 13.5. The molecule has 0 saturated carbocycles. The first kappa shape index (κ1) is 27.9. The van der Waals surface area contributed by atoms with E-state index < -0.39 is 28.5 Å². The van der Waals surface area contributed by atoms with Gasteiger partial charge < -0.3 is 10.2 Å². The molecular formula is C25H34BrN3O4S. The molecule has 0 heterocycles. The van der Waals surface area contributed by atoms with Crippen LogP contribution < -0.4 is 9.62 Å². The Morgan fingerprint density at radius 2 is 1.53 bits per heavy atom. The average Bonchev–Trinajstić information content (AvgIpc) is 2.80. The molecule has 34 heavy (non-hydrogen) atoms. The quantitative estimate of drug-likeness (QED) is 0.455. The molecule has 2 amide bonds. The van der Waals surface area contributed by atoms with Gasteiger partial charge in [-0.2, -0.15) is 0 Å². The predicted molar refractivity (Wildman–Crippen MR) is 140 cm³/mol. The van der Waals surface area contributed by atoms with Crippen molar-refractivity contribution < 1.29 is 18.0 Å². The van der Waals surface area contributed by atoms with Crippen molar-refractivity contribution in [2.24, 2.45) is 0 Å². The second-order valence-electron chi connectivity index (χ2n) is 8.43. The van der Waals surface area contributed by atoms with Gasteiger partial charge >= 0.3 is 0 Å². The lowest BCUT2D eigenvalue weighted by Crippen LogP contribution is -2.52. The van der Waals surface area contributed by atoms with Gasteiger partial charge in [-0.25, -0.2) is 8.42 Å². The minimum absolute atomic E-state index is 0.0378. The minimum atomic E-state index is -3.73. The van der Waals surface area contributed by atoms with E-state index in [0.29, 0.717) is 5.69 Å². The number of hydrogen-bond acceptors (Lipinski definition) is 4. The molecule has 1 N–H and O–H groups in total. The SMILES string of the molecule is CCc1ccc(N(CC(=O)N(Cc2ccc(Br)cc2)[C@@H](C)C(=O)N[C@@H](C)CC)S(C)(=O)=O)cc1. The number of carbonyl (C=O) groups excluding carboxylic acids is 2. The topological polar surface area (TPSA) is 86.8 Å². The monoisotopic (exact) mass is 551 g/mol. The van der Waals surface area contributed by atoms with E-state index in [-0.39, 0.29) is 18.5 Å². The normalized spacial score (nSPS) is 13.1. The lowest BCUT2D eigenvalue weighted by molar-refractivity contribution is -0.139. The molecule has 2 atom stereocenters. The third-order valence-electron chi connectivity index (χ3n) is 5.75. The molecule has 0 aliphatic heterocycles. The Hall–Kier alpha value is -2.39.